The number of hydrogen-bond donors (Lipinski definition) is 1. The van der Waals surface area contributed by atoms with Crippen molar-refractivity contribution in [1.82, 2.24) is 0 Å². The van der Waals surface area contributed by atoms with Gasteiger partial charge in [0.15, 0.2) is 6.10 Å². The van der Waals surface area contributed by atoms with Gasteiger partial charge in [-0.05, 0) is 68.7 Å². The second-order valence-electron chi connectivity index (χ2n) is 6.97. The monoisotopic (exact) mass is 417 g/mol. The van der Waals surface area contributed by atoms with Gasteiger partial charge in [0.25, 0.3) is 5.91 Å². The van der Waals surface area contributed by atoms with E-state index in [9.17, 15) is 9.59 Å². The highest BCUT2D eigenvalue weighted by molar-refractivity contribution is 6.31. The van der Waals surface area contributed by atoms with Gasteiger partial charge in [-0.2, -0.15) is 0 Å². The van der Waals surface area contributed by atoms with E-state index in [4.69, 9.17) is 25.8 Å². The summed E-state index contributed by atoms with van der Waals surface area (Å²) in [6, 6.07) is 11.8. The van der Waals surface area contributed by atoms with Crippen LogP contribution in [0.25, 0.3) is 0 Å². The Kier molecular flexibility index (Phi) is 7.12. The molecule has 1 fully saturated rings. The maximum absolute atomic E-state index is 12.3. The van der Waals surface area contributed by atoms with E-state index in [2.05, 4.69) is 5.32 Å². The molecular weight excluding hydrogens is 394 g/mol. The molecule has 2 aromatic carbocycles. The molecule has 1 N–H and O–H groups in total. The minimum atomic E-state index is -0.962. The maximum atomic E-state index is 12.3. The zero-order chi connectivity index (χ0) is 20.8. The molecule has 2 aromatic rings. The van der Waals surface area contributed by atoms with Crippen LogP contribution in [-0.2, 0) is 14.3 Å². The normalized spacial score (nSPS) is 16.9. The predicted octanol–water partition coefficient (Wildman–Crippen LogP) is 4.39. The first kappa shape index (κ1) is 21.1. The van der Waals surface area contributed by atoms with E-state index in [1.54, 1.807) is 42.5 Å². The number of hydrogen-bond acceptors (Lipinski definition) is 5. The molecule has 1 heterocycles. The van der Waals surface area contributed by atoms with Gasteiger partial charge >= 0.3 is 5.97 Å². The van der Waals surface area contributed by atoms with Crippen molar-refractivity contribution in [2.24, 2.45) is 0 Å². The molecule has 0 spiro atoms. The molecule has 29 heavy (non-hydrogen) atoms. The van der Waals surface area contributed by atoms with Gasteiger partial charge in [-0.3, -0.25) is 4.79 Å². The lowest BCUT2D eigenvalue weighted by molar-refractivity contribution is -0.123. The number of nitrogens with one attached hydrogen (secondary N) is 1. The Labute approximate surface area is 175 Å². The van der Waals surface area contributed by atoms with Gasteiger partial charge in [0, 0.05) is 17.3 Å². The summed E-state index contributed by atoms with van der Waals surface area (Å²) in [6.07, 6.45) is 1.22. The van der Waals surface area contributed by atoms with E-state index < -0.39 is 18.0 Å². The van der Waals surface area contributed by atoms with Gasteiger partial charge in [-0.25, -0.2) is 4.79 Å². The standard InChI is InChI=1S/C22H24ClNO5/c1-14-5-8-17(23)12-20(14)24-21(25)15(2)29-22(26)16-6-9-18(10-7-16)28-13-19-4-3-11-27-19/h5-10,12,15,19H,3-4,11,13H2,1-2H3,(H,24,25). The molecular formula is C22H24ClNO5. The molecule has 7 heteroatoms. The molecule has 3 rings (SSSR count). The Balaban J connectivity index is 1.51. The highest BCUT2D eigenvalue weighted by Gasteiger charge is 2.20. The van der Waals surface area contributed by atoms with Gasteiger partial charge in [0.1, 0.15) is 12.4 Å². The van der Waals surface area contributed by atoms with Crippen molar-refractivity contribution >= 4 is 29.2 Å². The van der Waals surface area contributed by atoms with Crippen LogP contribution in [0.4, 0.5) is 5.69 Å². The molecule has 2 unspecified atom stereocenters. The molecule has 1 aliphatic rings. The zero-order valence-corrected chi connectivity index (χ0v) is 17.2. The number of aryl methyl sites for hydroxylation is 1. The summed E-state index contributed by atoms with van der Waals surface area (Å²) in [5, 5.41) is 3.24. The number of benzene rings is 2. The Hall–Kier alpha value is -2.57. The SMILES string of the molecule is Cc1ccc(Cl)cc1NC(=O)C(C)OC(=O)c1ccc(OCC2CCCO2)cc1. The minimum absolute atomic E-state index is 0.127. The first-order valence-electron chi connectivity index (χ1n) is 9.55. The highest BCUT2D eigenvalue weighted by atomic mass is 35.5. The summed E-state index contributed by atoms with van der Waals surface area (Å²) >= 11 is 5.96. The second kappa shape index (κ2) is 9.76. The average Bonchev–Trinajstić information content (AvgIpc) is 3.23. The average molecular weight is 418 g/mol. The summed E-state index contributed by atoms with van der Waals surface area (Å²) in [7, 11) is 0. The number of halogens is 1. The molecule has 2 atom stereocenters. The molecule has 0 aromatic heterocycles. The number of ether oxygens (including phenoxy) is 3. The Morgan fingerprint density at radius 3 is 2.69 bits per heavy atom. The van der Waals surface area contributed by atoms with Crippen molar-refractivity contribution in [1.29, 1.82) is 0 Å². The number of anilines is 1. The van der Waals surface area contributed by atoms with E-state index in [0.29, 0.717) is 28.6 Å². The topological polar surface area (TPSA) is 73.9 Å². The van der Waals surface area contributed by atoms with E-state index in [-0.39, 0.29) is 6.10 Å². The van der Waals surface area contributed by atoms with Crippen LogP contribution in [0.5, 0.6) is 5.75 Å². The van der Waals surface area contributed by atoms with Crippen LogP contribution in [-0.4, -0.2) is 37.3 Å². The molecule has 0 radical (unpaired) electrons. The summed E-state index contributed by atoms with van der Waals surface area (Å²) in [4.78, 5) is 24.7. The first-order valence-corrected chi connectivity index (χ1v) is 9.92. The van der Waals surface area contributed by atoms with Crippen molar-refractivity contribution in [2.75, 3.05) is 18.5 Å². The van der Waals surface area contributed by atoms with E-state index >= 15 is 0 Å². The molecule has 0 aliphatic carbocycles. The lowest BCUT2D eigenvalue weighted by Crippen LogP contribution is -2.30. The second-order valence-corrected chi connectivity index (χ2v) is 7.40. The quantitative estimate of drug-likeness (QED) is 0.676. The predicted molar refractivity (Wildman–Crippen MR) is 111 cm³/mol. The van der Waals surface area contributed by atoms with E-state index in [1.165, 1.54) is 6.92 Å². The minimum Gasteiger partial charge on any atom is -0.491 e. The van der Waals surface area contributed by atoms with Crippen LogP contribution in [0.2, 0.25) is 5.02 Å². The summed E-state index contributed by atoms with van der Waals surface area (Å²) < 4.78 is 16.5. The van der Waals surface area contributed by atoms with Gasteiger partial charge < -0.3 is 19.5 Å². The van der Waals surface area contributed by atoms with Crippen LogP contribution in [0, 0.1) is 6.92 Å². The summed E-state index contributed by atoms with van der Waals surface area (Å²) in [5.41, 5.74) is 1.78. The third-order valence-electron chi connectivity index (χ3n) is 4.66. The van der Waals surface area contributed by atoms with Crippen LogP contribution >= 0.6 is 11.6 Å². The molecule has 0 saturated carbocycles. The first-order chi connectivity index (χ1) is 13.9. The Bertz CT molecular complexity index is 862. The number of esters is 1. The fourth-order valence-electron chi connectivity index (χ4n) is 2.90. The molecule has 1 saturated heterocycles. The third-order valence-corrected chi connectivity index (χ3v) is 4.90. The molecule has 0 bridgehead atoms. The fraction of sp³-hybridized carbons (Fsp3) is 0.364. The lowest BCUT2D eigenvalue weighted by Gasteiger charge is -2.15. The number of amides is 1. The zero-order valence-electron chi connectivity index (χ0n) is 16.4. The van der Waals surface area contributed by atoms with Crippen molar-refractivity contribution < 1.29 is 23.8 Å². The summed E-state index contributed by atoms with van der Waals surface area (Å²) in [5.74, 6) is -0.361. The van der Waals surface area contributed by atoms with Crippen LogP contribution in [0.1, 0.15) is 35.7 Å². The van der Waals surface area contributed by atoms with Gasteiger partial charge in [-0.15, -0.1) is 0 Å². The molecule has 154 valence electrons. The Morgan fingerprint density at radius 2 is 2.00 bits per heavy atom. The van der Waals surface area contributed by atoms with Crippen LogP contribution < -0.4 is 10.1 Å². The highest BCUT2D eigenvalue weighted by Crippen LogP contribution is 2.21. The molecule has 1 aliphatic heterocycles. The van der Waals surface area contributed by atoms with Gasteiger partial charge in [-0.1, -0.05) is 17.7 Å². The van der Waals surface area contributed by atoms with Crippen LogP contribution in [0.3, 0.4) is 0 Å². The van der Waals surface area contributed by atoms with Crippen molar-refractivity contribution in [3.8, 4) is 5.75 Å². The third kappa shape index (κ3) is 5.95. The van der Waals surface area contributed by atoms with Gasteiger partial charge in [0.05, 0.1) is 11.7 Å². The Morgan fingerprint density at radius 1 is 1.24 bits per heavy atom. The maximum Gasteiger partial charge on any atom is 0.338 e. The van der Waals surface area contributed by atoms with Gasteiger partial charge in [0.2, 0.25) is 0 Å². The number of carbonyl (C=O) groups excluding carboxylic acids is 2. The molecule has 6 nitrogen and oxygen atoms in total. The summed E-state index contributed by atoms with van der Waals surface area (Å²) in [6.45, 7) is 4.64. The van der Waals surface area contributed by atoms with Crippen molar-refractivity contribution in [3.05, 3.63) is 58.6 Å². The van der Waals surface area contributed by atoms with Crippen molar-refractivity contribution in [3.63, 3.8) is 0 Å². The molecule has 1 amide bonds. The van der Waals surface area contributed by atoms with E-state index in [0.717, 1.165) is 25.0 Å². The lowest BCUT2D eigenvalue weighted by atomic mass is 10.2. The number of carbonyl (C=O) groups is 2. The van der Waals surface area contributed by atoms with Crippen LogP contribution in [0.15, 0.2) is 42.5 Å². The largest absolute Gasteiger partial charge is 0.491 e. The smallest absolute Gasteiger partial charge is 0.338 e. The van der Waals surface area contributed by atoms with Crippen molar-refractivity contribution in [2.45, 2.75) is 38.9 Å². The fourth-order valence-corrected chi connectivity index (χ4v) is 3.07. The van der Waals surface area contributed by atoms with E-state index in [1.807, 2.05) is 6.92 Å². The number of rotatable bonds is 7.